The molecule has 0 amide bonds. The van der Waals surface area contributed by atoms with Crippen molar-refractivity contribution in [1.29, 1.82) is 0 Å². The van der Waals surface area contributed by atoms with Gasteiger partial charge in [-0.25, -0.2) is 8.42 Å². The summed E-state index contributed by atoms with van der Waals surface area (Å²) < 4.78 is 31.3. The van der Waals surface area contributed by atoms with Gasteiger partial charge in [0.2, 0.25) is 10.0 Å². The summed E-state index contributed by atoms with van der Waals surface area (Å²) in [5.74, 6) is -0.644. The van der Waals surface area contributed by atoms with E-state index < -0.39 is 22.0 Å². The van der Waals surface area contributed by atoms with Gasteiger partial charge < -0.3 is 10.5 Å². The molecule has 1 unspecified atom stereocenters. The highest BCUT2D eigenvalue weighted by atomic mass is 35.5. The first-order valence-electron chi connectivity index (χ1n) is 5.93. The number of anilines is 1. The largest absolute Gasteiger partial charge is 0.465 e. The first-order chi connectivity index (χ1) is 9.19. The monoisotopic (exact) mass is 320 g/mol. The van der Waals surface area contributed by atoms with Crippen LogP contribution < -0.4 is 10.5 Å². The van der Waals surface area contributed by atoms with E-state index in [0.717, 1.165) is 0 Å². The first-order valence-corrected chi connectivity index (χ1v) is 7.79. The summed E-state index contributed by atoms with van der Waals surface area (Å²) in [6.45, 7) is 4.87. The molecule has 0 spiro atoms. The van der Waals surface area contributed by atoms with Crippen molar-refractivity contribution in [2.24, 2.45) is 0 Å². The normalized spacial score (nSPS) is 13.0. The summed E-state index contributed by atoms with van der Waals surface area (Å²) in [7, 11) is -3.87. The van der Waals surface area contributed by atoms with Crippen molar-refractivity contribution in [2.75, 3.05) is 12.3 Å². The fourth-order valence-corrected chi connectivity index (χ4v) is 2.95. The molecule has 0 saturated carbocycles. The quantitative estimate of drug-likeness (QED) is 0.632. The zero-order chi connectivity index (χ0) is 15.5. The zero-order valence-corrected chi connectivity index (χ0v) is 13.0. The molecule has 3 N–H and O–H groups in total. The summed E-state index contributed by atoms with van der Waals surface area (Å²) in [6.07, 6.45) is 0. The van der Waals surface area contributed by atoms with Gasteiger partial charge in [-0.3, -0.25) is 4.79 Å². The molecule has 112 valence electrons. The summed E-state index contributed by atoms with van der Waals surface area (Å²) in [5, 5.41) is 0.308. The molecule has 1 rings (SSSR count). The molecule has 0 radical (unpaired) electrons. The lowest BCUT2D eigenvalue weighted by Gasteiger charge is -2.14. The Labute approximate surface area is 123 Å². The van der Waals surface area contributed by atoms with Crippen molar-refractivity contribution in [3.05, 3.63) is 22.7 Å². The third kappa shape index (κ3) is 3.84. The van der Waals surface area contributed by atoms with Gasteiger partial charge in [-0.1, -0.05) is 11.6 Å². The van der Waals surface area contributed by atoms with E-state index in [4.69, 9.17) is 22.1 Å². The van der Waals surface area contributed by atoms with E-state index in [9.17, 15) is 13.2 Å². The second kappa shape index (κ2) is 6.43. The Morgan fingerprint density at radius 1 is 1.50 bits per heavy atom. The molecule has 0 bridgehead atoms. The van der Waals surface area contributed by atoms with Gasteiger partial charge in [-0.2, -0.15) is 4.72 Å². The van der Waals surface area contributed by atoms with Crippen LogP contribution >= 0.6 is 11.6 Å². The molecule has 0 aliphatic heterocycles. The molecule has 20 heavy (non-hydrogen) atoms. The summed E-state index contributed by atoms with van der Waals surface area (Å²) in [4.78, 5) is 11.4. The molecule has 0 saturated heterocycles. The highest BCUT2D eigenvalue weighted by molar-refractivity contribution is 7.89. The number of aryl methyl sites for hydroxylation is 1. The molecule has 1 atom stereocenters. The number of sulfonamides is 1. The van der Waals surface area contributed by atoms with Crippen LogP contribution in [0.15, 0.2) is 17.0 Å². The lowest BCUT2D eigenvalue weighted by atomic mass is 10.2. The van der Waals surface area contributed by atoms with Gasteiger partial charge in [0.15, 0.2) is 0 Å². The van der Waals surface area contributed by atoms with Crippen molar-refractivity contribution in [1.82, 2.24) is 4.72 Å². The molecule has 0 aliphatic rings. The maximum atomic E-state index is 12.1. The first kappa shape index (κ1) is 16.7. The van der Waals surface area contributed by atoms with E-state index >= 15 is 0 Å². The maximum Gasteiger partial charge on any atom is 0.323 e. The van der Waals surface area contributed by atoms with Crippen LogP contribution in [-0.4, -0.2) is 27.0 Å². The van der Waals surface area contributed by atoms with E-state index in [2.05, 4.69) is 4.72 Å². The second-order valence-electron chi connectivity index (χ2n) is 4.24. The third-order valence-corrected chi connectivity index (χ3v) is 4.58. The van der Waals surface area contributed by atoms with Crippen LogP contribution in [0.3, 0.4) is 0 Å². The van der Waals surface area contributed by atoms with Crippen LogP contribution in [-0.2, 0) is 19.6 Å². The molecule has 1 aromatic carbocycles. The minimum atomic E-state index is -3.87. The van der Waals surface area contributed by atoms with Crippen LogP contribution in [0, 0.1) is 6.92 Å². The van der Waals surface area contributed by atoms with Gasteiger partial charge in [0.1, 0.15) is 6.04 Å². The number of carbonyl (C=O) groups is 1. The number of carbonyl (C=O) groups excluding carboxylic acids is 1. The molecule has 0 heterocycles. The minimum Gasteiger partial charge on any atom is -0.465 e. The van der Waals surface area contributed by atoms with E-state index in [1.807, 2.05) is 0 Å². The van der Waals surface area contributed by atoms with Crippen LogP contribution in [0.5, 0.6) is 0 Å². The lowest BCUT2D eigenvalue weighted by Crippen LogP contribution is -2.39. The highest BCUT2D eigenvalue weighted by Gasteiger charge is 2.23. The molecular formula is C12H17ClN2O4S. The Balaban J connectivity index is 3.03. The van der Waals surface area contributed by atoms with E-state index in [-0.39, 0.29) is 17.2 Å². The van der Waals surface area contributed by atoms with Crippen LogP contribution in [0.25, 0.3) is 0 Å². The van der Waals surface area contributed by atoms with Crippen molar-refractivity contribution in [3.8, 4) is 0 Å². The smallest absolute Gasteiger partial charge is 0.323 e. The number of benzene rings is 1. The average molecular weight is 321 g/mol. The number of nitrogens with one attached hydrogen (secondary N) is 1. The molecule has 0 fully saturated rings. The topological polar surface area (TPSA) is 98.5 Å². The molecule has 1 aromatic rings. The molecular weight excluding hydrogens is 304 g/mol. The number of hydrogen-bond donors (Lipinski definition) is 2. The van der Waals surface area contributed by atoms with Gasteiger partial charge in [-0.05, 0) is 38.5 Å². The minimum absolute atomic E-state index is 0.0481. The number of nitrogens with two attached hydrogens (primary N) is 1. The van der Waals surface area contributed by atoms with Gasteiger partial charge >= 0.3 is 5.97 Å². The van der Waals surface area contributed by atoms with Crippen LogP contribution in [0.4, 0.5) is 5.69 Å². The number of rotatable bonds is 5. The predicted molar refractivity (Wildman–Crippen MR) is 77.0 cm³/mol. The number of nitrogen functional groups attached to an aromatic ring is 1. The second-order valence-corrected chi connectivity index (χ2v) is 6.33. The number of ether oxygens (including phenoxy) is 1. The number of hydrogen-bond acceptors (Lipinski definition) is 5. The molecule has 0 aromatic heterocycles. The zero-order valence-electron chi connectivity index (χ0n) is 11.4. The fourth-order valence-electron chi connectivity index (χ4n) is 1.53. The van der Waals surface area contributed by atoms with E-state index in [1.54, 1.807) is 13.8 Å². The van der Waals surface area contributed by atoms with Gasteiger partial charge in [0, 0.05) is 0 Å². The maximum absolute atomic E-state index is 12.1. The Morgan fingerprint density at radius 3 is 2.60 bits per heavy atom. The number of halogens is 1. The van der Waals surface area contributed by atoms with Gasteiger partial charge in [0.25, 0.3) is 0 Å². The van der Waals surface area contributed by atoms with Crippen LogP contribution in [0.2, 0.25) is 5.02 Å². The summed E-state index contributed by atoms with van der Waals surface area (Å²) >= 11 is 5.88. The SMILES string of the molecule is CCOC(=O)C(C)NS(=O)(=O)c1cc(C)c(Cl)c(N)c1. The molecule has 8 heteroatoms. The van der Waals surface area contributed by atoms with Crippen molar-refractivity contribution >= 4 is 33.3 Å². The van der Waals surface area contributed by atoms with Crippen molar-refractivity contribution < 1.29 is 17.9 Å². The highest BCUT2D eigenvalue weighted by Crippen LogP contribution is 2.26. The Kier molecular flexibility index (Phi) is 5.38. The molecule has 0 aliphatic carbocycles. The van der Waals surface area contributed by atoms with Crippen molar-refractivity contribution in [2.45, 2.75) is 31.7 Å². The van der Waals surface area contributed by atoms with E-state index in [1.165, 1.54) is 19.1 Å². The van der Waals surface area contributed by atoms with Gasteiger partial charge in [-0.15, -0.1) is 0 Å². The summed E-state index contributed by atoms with van der Waals surface area (Å²) in [5.41, 5.74) is 6.34. The predicted octanol–water partition coefficient (Wildman–Crippen LogP) is 1.46. The Bertz CT molecular complexity index is 593. The lowest BCUT2D eigenvalue weighted by molar-refractivity contribution is -0.144. The average Bonchev–Trinajstić information content (AvgIpc) is 2.35. The third-order valence-electron chi connectivity index (χ3n) is 2.54. The molecule has 6 nitrogen and oxygen atoms in total. The summed E-state index contributed by atoms with van der Waals surface area (Å²) in [6, 6.07) is 1.64. The Hall–Kier alpha value is -1.31. The van der Waals surface area contributed by atoms with Crippen molar-refractivity contribution in [3.63, 3.8) is 0 Å². The van der Waals surface area contributed by atoms with Crippen LogP contribution in [0.1, 0.15) is 19.4 Å². The number of esters is 1. The Morgan fingerprint density at radius 2 is 2.10 bits per heavy atom. The van der Waals surface area contributed by atoms with E-state index in [0.29, 0.717) is 10.6 Å². The van der Waals surface area contributed by atoms with Gasteiger partial charge in [0.05, 0.1) is 22.2 Å². The standard InChI is InChI=1S/C12H17ClN2O4S/c1-4-19-12(16)8(3)15-20(17,18)9-5-7(2)11(13)10(14)6-9/h5-6,8,15H,4,14H2,1-3H3. The fraction of sp³-hybridized carbons (Fsp3) is 0.417.